The highest BCUT2D eigenvalue weighted by atomic mass is 19.4. The van der Waals surface area contributed by atoms with Gasteiger partial charge >= 0.3 is 6.18 Å². The largest absolute Gasteiger partial charge is 0.417 e. The quantitative estimate of drug-likeness (QED) is 0.739. The minimum absolute atomic E-state index is 0.0348. The number of ketones is 1. The number of rotatable bonds is 5. The molecule has 0 amide bonds. The first-order valence-corrected chi connectivity index (χ1v) is 6.31. The van der Waals surface area contributed by atoms with Crippen molar-refractivity contribution in [3.63, 3.8) is 0 Å². The average molecular weight is 273 g/mol. The van der Waals surface area contributed by atoms with Crippen molar-refractivity contribution in [2.45, 2.75) is 46.2 Å². The first kappa shape index (κ1) is 15.7. The average Bonchev–Trinajstić information content (AvgIpc) is 2.37. The molecule has 1 atom stereocenters. The predicted octanol–water partition coefficient (Wildman–Crippen LogP) is 4.50. The van der Waals surface area contributed by atoms with Gasteiger partial charge in [-0.25, -0.2) is 0 Å². The molecule has 0 saturated carbocycles. The van der Waals surface area contributed by atoms with Crippen LogP contribution in [-0.2, 0) is 6.18 Å². The van der Waals surface area contributed by atoms with E-state index in [0.29, 0.717) is 12.8 Å². The minimum Gasteiger partial charge on any atom is -0.294 e. The van der Waals surface area contributed by atoms with E-state index in [1.165, 1.54) is 6.20 Å². The molecule has 0 saturated heterocycles. The molecular formula is C14H18F3NO. The van der Waals surface area contributed by atoms with Gasteiger partial charge in [0, 0.05) is 23.4 Å². The number of aromatic nitrogens is 1. The Hall–Kier alpha value is -1.39. The van der Waals surface area contributed by atoms with Crippen molar-refractivity contribution in [2.24, 2.45) is 5.41 Å². The topological polar surface area (TPSA) is 30.0 Å². The summed E-state index contributed by atoms with van der Waals surface area (Å²) in [7, 11) is 0. The number of pyridine rings is 1. The van der Waals surface area contributed by atoms with E-state index < -0.39 is 17.2 Å². The lowest BCUT2D eigenvalue weighted by Crippen LogP contribution is -2.27. The fourth-order valence-corrected chi connectivity index (χ4v) is 2.07. The Morgan fingerprint density at radius 2 is 1.89 bits per heavy atom. The summed E-state index contributed by atoms with van der Waals surface area (Å²) in [6.07, 6.45) is -0.478. The van der Waals surface area contributed by atoms with Crippen LogP contribution in [0, 0.1) is 5.41 Å². The van der Waals surface area contributed by atoms with Gasteiger partial charge in [0.05, 0.1) is 5.56 Å². The van der Waals surface area contributed by atoms with Gasteiger partial charge in [0.2, 0.25) is 0 Å². The second-order valence-corrected chi connectivity index (χ2v) is 4.95. The third kappa shape index (κ3) is 3.55. The van der Waals surface area contributed by atoms with Crippen LogP contribution in [-0.4, -0.2) is 10.8 Å². The lowest BCUT2D eigenvalue weighted by molar-refractivity contribution is -0.137. The van der Waals surface area contributed by atoms with Gasteiger partial charge in [-0.1, -0.05) is 27.2 Å². The summed E-state index contributed by atoms with van der Waals surface area (Å²) < 4.78 is 37.8. The predicted molar refractivity (Wildman–Crippen MR) is 66.9 cm³/mol. The van der Waals surface area contributed by atoms with Crippen LogP contribution in [0.3, 0.4) is 0 Å². The maximum Gasteiger partial charge on any atom is 0.417 e. The molecule has 0 fully saturated rings. The zero-order chi connectivity index (χ0) is 14.7. The van der Waals surface area contributed by atoms with Crippen LogP contribution < -0.4 is 0 Å². The van der Waals surface area contributed by atoms with E-state index >= 15 is 0 Å². The molecule has 0 N–H and O–H groups in total. The van der Waals surface area contributed by atoms with Crippen molar-refractivity contribution in [1.82, 2.24) is 4.98 Å². The van der Waals surface area contributed by atoms with Crippen LogP contribution in [0.1, 0.15) is 56.0 Å². The van der Waals surface area contributed by atoms with Crippen LogP contribution in [0.25, 0.3) is 0 Å². The number of Topliss-reactive ketones (excluding diaryl/α,β-unsaturated/α-hetero) is 1. The van der Waals surface area contributed by atoms with Gasteiger partial charge in [-0.15, -0.1) is 0 Å². The number of carbonyl (C=O) groups is 1. The molecule has 0 aliphatic carbocycles. The first-order chi connectivity index (χ1) is 8.74. The molecule has 19 heavy (non-hydrogen) atoms. The number of hydrogen-bond donors (Lipinski definition) is 0. The minimum atomic E-state index is -4.48. The lowest BCUT2D eigenvalue weighted by Gasteiger charge is -2.26. The Morgan fingerprint density at radius 3 is 2.37 bits per heavy atom. The number of nitrogens with zero attached hydrogens (tertiary/aromatic N) is 1. The van der Waals surface area contributed by atoms with Gasteiger partial charge in [-0.2, -0.15) is 13.2 Å². The molecule has 0 radical (unpaired) electrons. The zero-order valence-corrected chi connectivity index (χ0v) is 11.3. The van der Waals surface area contributed by atoms with Gasteiger partial charge in [0.25, 0.3) is 0 Å². The summed E-state index contributed by atoms with van der Waals surface area (Å²) >= 11 is 0. The van der Waals surface area contributed by atoms with Gasteiger partial charge in [-0.3, -0.25) is 9.78 Å². The van der Waals surface area contributed by atoms with E-state index in [2.05, 4.69) is 4.98 Å². The molecule has 1 heterocycles. The van der Waals surface area contributed by atoms with E-state index in [1.807, 2.05) is 13.8 Å². The summed E-state index contributed by atoms with van der Waals surface area (Å²) in [5.74, 6) is -0.268. The van der Waals surface area contributed by atoms with Crippen molar-refractivity contribution < 1.29 is 18.0 Å². The molecule has 5 heteroatoms. The highest BCUT2D eigenvalue weighted by Gasteiger charge is 2.35. The van der Waals surface area contributed by atoms with Crippen molar-refractivity contribution >= 4 is 5.78 Å². The highest BCUT2D eigenvalue weighted by molar-refractivity contribution is 6.00. The highest BCUT2D eigenvalue weighted by Crippen LogP contribution is 2.34. The van der Waals surface area contributed by atoms with Crippen LogP contribution in [0.4, 0.5) is 13.2 Å². The molecule has 1 unspecified atom stereocenters. The molecule has 1 aromatic heterocycles. The maximum atomic E-state index is 12.6. The van der Waals surface area contributed by atoms with Crippen LogP contribution in [0.15, 0.2) is 18.5 Å². The van der Waals surface area contributed by atoms with Gasteiger partial charge < -0.3 is 0 Å². The second kappa shape index (κ2) is 5.72. The van der Waals surface area contributed by atoms with Gasteiger partial charge in [-0.05, 0) is 18.9 Å². The molecule has 0 aromatic carbocycles. The Labute approximate surface area is 111 Å². The van der Waals surface area contributed by atoms with E-state index in [9.17, 15) is 18.0 Å². The molecule has 2 nitrogen and oxygen atoms in total. The summed E-state index contributed by atoms with van der Waals surface area (Å²) in [5.41, 5.74) is -1.47. The Bertz CT molecular complexity index is 456. The maximum absolute atomic E-state index is 12.6. The number of halogens is 3. The summed E-state index contributed by atoms with van der Waals surface area (Å²) in [6.45, 7) is 5.61. The third-order valence-corrected chi connectivity index (χ3v) is 3.46. The fourth-order valence-electron chi connectivity index (χ4n) is 2.07. The Kier molecular flexibility index (Phi) is 4.71. The standard InChI is InChI=1S/C14H18F3NO/c1-4-6-13(3,5-2)12(19)10-7-11(9-18-8-10)14(15,16)17/h7-9H,4-6H2,1-3H3. The first-order valence-electron chi connectivity index (χ1n) is 6.31. The van der Waals surface area contributed by atoms with E-state index in [-0.39, 0.29) is 11.3 Å². The fraction of sp³-hybridized carbons (Fsp3) is 0.571. The summed E-state index contributed by atoms with van der Waals surface area (Å²) in [4.78, 5) is 15.9. The molecule has 106 valence electrons. The van der Waals surface area contributed by atoms with E-state index in [1.54, 1.807) is 6.92 Å². The molecule has 0 spiro atoms. The van der Waals surface area contributed by atoms with Crippen molar-refractivity contribution in [1.29, 1.82) is 0 Å². The second-order valence-electron chi connectivity index (χ2n) is 4.95. The SMILES string of the molecule is CCCC(C)(CC)C(=O)c1cncc(C(F)(F)F)c1. The van der Waals surface area contributed by atoms with E-state index in [4.69, 9.17) is 0 Å². The molecule has 1 aromatic rings. The third-order valence-electron chi connectivity index (χ3n) is 3.46. The van der Waals surface area contributed by atoms with Crippen molar-refractivity contribution in [3.05, 3.63) is 29.6 Å². The van der Waals surface area contributed by atoms with Crippen LogP contribution >= 0.6 is 0 Å². The smallest absolute Gasteiger partial charge is 0.294 e. The molecular weight excluding hydrogens is 255 g/mol. The van der Waals surface area contributed by atoms with Crippen LogP contribution in [0.5, 0.6) is 0 Å². The van der Waals surface area contributed by atoms with E-state index in [0.717, 1.165) is 18.7 Å². The molecule has 0 bridgehead atoms. The van der Waals surface area contributed by atoms with Gasteiger partial charge in [0.1, 0.15) is 0 Å². The number of carbonyl (C=O) groups excluding carboxylic acids is 1. The number of hydrogen-bond acceptors (Lipinski definition) is 2. The molecule has 0 aliphatic heterocycles. The Morgan fingerprint density at radius 1 is 1.26 bits per heavy atom. The normalized spacial score (nSPS) is 15.1. The summed E-state index contributed by atoms with van der Waals surface area (Å²) in [5, 5.41) is 0. The Balaban J connectivity index is 3.13. The van der Waals surface area contributed by atoms with Gasteiger partial charge in [0.15, 0.2) is 5.78 Å². The van der Waals surface area contributed by atoms with Crippen molar-refractivity contribution in [3.8, 4) is 0 Å². The monoisotopic (exact) mass is 273 g/mol. The summed E-state index contributed by atoms with van der Waals surface area (Å²) in [6, 6.07) is 0.888. The van der Waals surface area contributed by atoms with Crippen LogP contribution in [0.2, 0.25) is 0 Å². The van der Waals surface area contributed by atoms with Crippen molar-refractivity contribution in [2.75, 3.05) is 0 Å². The molecule has 0 aliphatic rings. The lowest BCUT2D eigenvalue weighted by atomic mass is 9.76. The molecule has 1 rings (SSSR count). The zero-order valence-electron chi connectivity index (χ0n) is 11.3. The number of alkyl halides is 3.